The summed E-state index contributed by atoms with van der Waals surface area (Å²) in [6.45, 7) is 0.458. The van der Waals surface area contributed by atoms with Gasteiger partial charge in [-0.25, -0.2) is 0 Å². The van der Waals surface area contributed by atoms with Crippen LogP contribution in [0.15, 0.2) is 54.6 Å². The van der Waals surface area contributed by atoms with Crippen LogP contribution >= 0.6 is 0 Å². The Morgan fingerprint density at radius 1 is 0.960 bits per heavy atom. The molecule has 25 heavy (non-hydrogen) atoms. The molecule has 4 nitrogen and oxygen atoms in total. The summed E-state index contributed by atoms with van der Waals surface area (Å²) in [5.74, 6) is -0.277. The third-order valence-corrected chi connectivity index (χ3v) is 4.54. The van der Waals surface area contributed by atoms with E-state index in [1.165, 1.54) is 0 Å². The number of Topliss-reactive ketones (excluding diaryl/α,β-unsaturated/α-hetero) is 1. The minimum absolute atomic E-state index is 0.119. The summed E-state index contributed by atoms with van der Waals surface area (Å²) < 4.78 is 5.75. The van der Waals surface area contributed by atoms with Crippen molar-refractivity contribution in [2.24, 2.45) is 5.92 Å². The lowest BCUT2D eigenvalue weighted by Crippen LogP contribution is -2.30. The van der Waals surface area contributed by atoms with Gasteiger partial charge in [-0.15, -0.1) is 0 Å². The van der Waals surface area contributed by atoms with Crippen LogP contribution in [0.4, 0.5) is 5.69 Å². The lowest BCUT2D eigenvalue weighted by atomic mass is 9.86. The molecule has 1 aliphatic carbocycles. The Labute approximate surface area is 148 Å². The molecule has 1 N–H and O–H groups in total. The van der Waals surface area contributed by atoms with Gasteiger partial charge in [0, 0.05) is 17.7 Å². The Balaban J connectivity index is 1.57. The first kappa shape index (κ1) is 17.2. The molecular formula is C21H23NO3. The molecule has 0 bridgehead atoms. The van der Waals surface area contributed by atoms with Crippen molar-refractivity contribution in [2.45, 2.75) is 38.7 Å². The molecule has 0 atom stereocenters. The molecule has 4 heteroatoms. The molecule has 130 valence electrons. The Hall–Kier alpha value is -2.62. The van der Waals surface area contributed by atoms with E-state index in [0.717, 1.165) is 37.7 Å². The Morgan fingerprint density at radius 3 is 2.48 bits per heavy atom. The minimum atomic E-state index is -0.521. The molecule has 0 spiro atoms. The number of carbonyl (C=O) groups is 2. The standard InChI is InChI=1S/C21H23NO3/c23-20(17-10-5-2-6-11-17)21(24)22-18-12-7-13-19(14-18)25-15-16-8-3-1-4-9-16/h1,3-4,7-9,12-14,17H,2,5-6,10-11,15H2,(H,22,24). The minimum Gasteiger partial charge on any atom is -0.489 e. The maximum atomic E-state index is 12.3. The van der Waals surface area contributed by atoms with Crippen LogP contribution in [0.1, 0.15) is 37.7 Å². The summed E-state index contributed by atoms with van der Waals surface area (Å²) in [5.41, 5.74) is 1.66. The fraction of sp³-hybridized carbons (Fsp3) is 0.333. The van der Waals surface area contributed by atoms with Crippen LogP contribution in [0.5, 0.6) is 5.75 Å². The number of rotatable bonds is 6. The first-order chi connectivity index (χ1) is 12.2. The SMILES string of the molecule is O=C(Nc1cccc(OCc2ccccc2)c1)C(=O)C1CCCCC1. The molecule has 3 rings (SSSR count). The van der Waals surface area contributed by atoms with Gasteiger partial charge in [0.2, 0.25) is 5.78 Å². The molecule has 0 aliphatic heterocycles. The maximum Gasteiger partial charge on any atom is 0.292 e. The van der Waals surface area contributed by atoms with Crippen molar-refractivity contribution in [3.63, 3.8) is 0 Å². The second-order valence-electron chi connectivity index (χ2n) is 6.46. The molecule has 0 saturated heterocycles. The normalized spacial score (nSPS) is 14.7. The molecular weight excluding hydrogens is 314 g/mol. The van der Waals surface area contributed by atoms with Crippen molar-refractivity contribution in [1.82, 2.24) is 0 Å². The van der Waals surface area contributed by atoms with E-state index in [1.807, 2.05) is 36.4 Å². The second-order valence-corrected chi connectivity index (χ2v) is 6.46. The Morgan fingerprint density at radius 2 is 1.72 bits per heavy atom. The summed E-state index contributed by atoms with van der Waals surface area (Å²) in [7, 11) is 0. The predicted octanol–water partition coefficient (Wildman–Crippen LogP) is 4.35. The number of nitrogens with one attached hydrogen (secondary N) is 1. The third kappa shape index (κ3) is 4.92. The van der Waals surface area contributed by atoms with E-state index in [1.54, 1.807) is 18.2 Å². The van der Waals surface area contributed by atoms with Gasteiger partial charge in [-0.1, -0.05) is 55.7 Å². The molecule has 2 aromatic rings. The summed E-state index contributed by atoms with van der Waals surface area (Å²) >= 11 is 0. The van der Waals surface area contributed by atoms with Crippen LogP contribution < -0.4 is 10.1 Å². The van der Waals surface area contributed by atoms with E-state index in [-0.39, 0.29) is 11.7 Å². The molecule has 1 fully saturated rings. The number of benzene rings is 2. The van der Waals surface area contributed by atoms with Gasteiger partial charge in [0.15, 0.2) is 0 Å². The molecule has 0 unspecified atom stereocenters. The monoisotopic (exact) mass is 337 g/mol. The molecule has 0 radical (unpaired) electrons. The smallest absolute Gasteiger partial charge is 0.292 e. The number of hydrogen-bond acceptors (Lipinski definition) is 3. The van der Waals surface area contributed by atoms with E-state index in [0.29, 0.717) is 18.0 Å². The number of ketones is 1. The third-order valence-electron chi connectivity index (χ3n) is 4.54. The van der Waals surface area contributed by atoms with Gasteiger partial charge in [0.05, 0.1) is 0 Å². The van der Waals surface area contributed by atoms with Gasteiger partial charge in [0.25, 0.3) is 5.91 Å². The average Bonchev–Trinajstić information content (AvgIpc) is 2.67. The lowest BCUT2D eigenvalue weighted by Gasteiger charge is -2.19. The average molecular weight is 337 g/mol. The van der Waals surface area contributed by atoms with Crippen molar-refractivity contribution in [1.29, 1.82) is 0 Å². The van der Waals surface area contributed by atoms with Crippen LogP contribution in [0.2, 0.25) is 0 Å². The van der Waals surface area contributed by atoms with E-state index >= 15 is 0 Å². The number of carbonyl (C=O) groups excluding carboxylic acids is 2. The molecule has 1 amide bonds. The first-order valence-corrected chi connectivity index (χ1v) is 8.84. The van der Waals surface area contributed by atoms with Gasteiger partial charge in [-0.3, -0.25) is 9.59 Å². The summed E-state index contributed by atoms with van der Waals surface area (Å²) in [5, 5.41) is 2.71. The highest BCUT2D eigenvalue weighted by molar-refractivity contribution is 6.41. The van der Waals surface area contributed by atoms with Crippen molar-refractivity contribution >= 4 is 17.4 Å². The molecule has 0 heterocycles. The van der Waals surface area contributed by atoms with Gasteiger partial charge in [0.1, 0.15) is 12.4 Å². The zero-order valence-corrected chi connectivity index (χ0v) is 14.2. The zero-order valence-electron chi connectivity index (χ0n) is 14.2. The topological polar surface area (TPSA) is 55.4 Å². The summed E-state index contributed by atoms with van der Waals surface area (Å²) in [6, 6.07) is 17.0. The second kappa shape index (κ2) is 8.47. The summed E-state index contributed by atoms with van der Waals surface area (Å²) in [6.07, 6.45) is 4.88. The number of ether oxygens (including phenoxy) is 1. The first-order valence-electron chi connectivity index (χ1n) is 8.84. The molecule has 1 saturated carbocycles. The zero-order chi connectivity index (χ0) is 17.5. The van der Waals surface area contributed by atoms with Gasteiger partial charge in [-0.05, 0) is 30.5 Å². The van der Waals surface area contributed by atoms with E-state index in [9.17, 15) is 9.59 Å². The number of hydrogen-bond donors (Lipinski definition) is 1. The van der Waals surface area contributed by atoms with Crippen molar-refractivity contribution in [3.05, 3.63) is 60.2 Å². The van der Waals surface area contributed by atoms with E-state index < -0.39 is 5.91 Å². The molecule has 0 aromatic heterocycles. The van der Waals surface area contributed by atoms with Crippen LogP contribution in [0.3, 0.4) is 0 Å². The van der Waals surface area contributed by atoms with Crippen LogP contribution in [-0.4, -0.2) is 11.7 Å². The van der Waals surface area contributed by atoms with Crippen LogP contribution in [0, 0.1) is 5.92 Å². The van der Waals surface area contributed by atoms with Crippen LogP contribution in [-0.2, 0) is 16.2 Å². The summed E-state index contributed by atoms with van der Waals surface area (Å²) in [4.78, 5) is 24.5. The van der Waals surface area contributed by atoms with E-state index in [2.05, 4.69) is 5.32 Å². The highest BCUT2D eigenvalue weighted by atomic mass is 16.5. The fourth-order valence-corrected chi connectivity index (χ4v) is 3.15. The molecule has 2 aromatic carbocycles. The molecule has 1 aliphatic rings. The van der Waals surface area contributed by atoms with Gasteiger partial charge in [-0.2, -0.15) is 0 Å². The predicted molar refractivity (Wildman–Crippen MR) is 97.4 cm³/mol. The van der Waals surface area contributed by atoms with Crippen LogP contribution in [0.25, 0.3) is 0 Å². The number of amides is 1. The van der Waals surface area contributed by atoms with Gasteiger partial charge >= 0.3 is 0 Å². The highest BCUT2D eigenvalue weighted by Gasteiger charge is 2.26. The highest BCUT2D eigenvalue weighted by Crippen LogP contribution is 2.25. The number of anilines is 1. The van der Waals surface area contributed by atoms with Gasteiger partial charge < -0.3 is 10.1 Å². The maximum absolute atomic E-state index is 12.3. The lowest BCUT2D eigenvalue weighted by molar-refractivity contribution is -0.137. The van der Waals surface area contributed by atoms with E-state index in [4.69, 9.17) is 4.74 Å². The van der Waals surface area contributed by atoms with Crippen molar-refractivity contribution in [2.75, 3.05) is 5.32 Å². The van der Waals surface area contributed by atoms with Crippen molar-refractivity contribution in [3.8, 4) is 5.75 Å². The Kier molecular flexibility index (Phi) is 5.83. The van der Waals surface area contributed by atoms with Crippen molar-refractivity contribution < 1.29 is 14.3 Å². The largest absolute Gasteiger partial charge is 0.489 e. The fourth-order valence-electron chi connectivity index (χ4n) is 3.15. The quantitative estimate of drug-likeness (QED) is 0.797. The Bertz CT molecular complexity index is 721.